The SMILES string of the molecule is CN(C(=O)NCc1cccc(F)c1F)[C@@H](CCCOP(=O)(O)O)COC(=O)Nc1cc2ccccc2cn1.[H-].[Na+]. The molecule has 0 bridgehead atoms. The minimum Gasteiger partial charge on any atom is -1.00 e. The minimum absolute atomic E-state index is 0. The van der Waals surface area contributed by atoms with Gasteiger partial charge in [0.05, 0.1) is 12.6 Å². The monoisotopic (exact) mass is 576 g/mol. The van der Waals surface area contributed by atoms with Gasteiger partial charge in [0.25, 0.3) is 0 Å². The molecule has 3 aromatic rings. The molecule has 3 amide bonds. The second kappa shape index (κ2) is 15.2. The number of anilines is 1. The van der Waals surface area contributed by atoms with Gasteiger partial charge in [0.15, 0.2) is 11.6 Å². The van der Waals surface area contributed by atoms with Crippen LogP contribution in [0.5, 0.6) is 0 Å². The molecule has 4 N–H and O–H groups in total. The fraction of sp³-hybridized carbons (Fsp3) is 0.292. The van der Waals surface area contributed by atoms with Gasteiger partial charge in [-0.3, -0.25) is 9.84 Å². The zero-order valence-corrected chi connectivity index (χ0v) is 24.2. The Morgan fingerprint density at radius 2 is 1.87 bits per heavy atom. The first-order valence-corrected chi connectivity index (χ1v) is 13.0. The van der Waals surface area contributed by atoms with E-state index in [1.54, 1.807) is 12.3 Å². The smallest absolute Gasteiger partial charge is 1.00 e. The summed E-state index contributed by atoms with van der Waals surface area (Å²) in [5, 5.41) is 6.71. The van der Waals surface area contributed by atoms with E-state index in [9.17, 15) is 22.9 Å². The predicted octanol–water partition coefficient (Wildman–Crippen LogP) is 1.28. The average molecular weight is 576 g/mol. The summed E-state index contributed by atoms with van der Waals surface area (Å²) in [4.78, 5) is 48.1. The third-order valence-electron chi connectivity index (χ3n) is 5.54. The topological polar surface area (TPSA) is 150 Å². The van der Waals surface area contributed by atoms with Gasteiger partial charge in [-0.05, 0) is 30.4 Å². The van der Waals surface area contributed by atoms with Gasteiger partial charge in [0, 0.05) is 30.7 Å². The summed E-state index contributed by atoms with van der Waals surface area (Å²) in [6, 6.07) is 11.3. The van der Waals surface area contributed by atoms with Crippen LogP contribution in [-0.2, 0) is 20.4 Å². The van der Waals surface area contributed by atoms with Crippen molar-refractivity contribution in [3.63, 3.8) is 0 Å². The first-order valence-electron chi connectivity index (χ1n) is 11.5. The first kappa shape index (κ1) is 32.6. The number of nitrogens with one attached hydrogen (secondary N) is 2. The summed E-state index contributed by atoms with van der Waals surface area (Å²) in [7, 11) is -3.27. The molecule has 15 heteroatoms. The summed E-state index contributed by atoms with van der Waals surface area (Å²) >= 11 is 0. The third kappa shape index (κ3) is 10.5. The van der Waals surface area contributed by atoms with Crippen molar-refractivity contribution in [2.75, 3.05) is 25.6 Å². The fourth-order valence-corrected chi connectivity index (χ4v) is 3.87. The number of carbonyl (C=O) groups is 2. The zero-order valence-electron chi connectivity index (χ0n) is 22.3. The van der Waals surface area contributed by atoms with Crippen molar-refractivity contribution in [2.24, 2.45) is 0 Å². The van der Waals surface area contributed by atoms with Gasteiger partial charge in [-0.2, -0.15) is 0 Å². The van der Waals surface area contributed by atoms with Crippen LogP contribution in [0.3, 0.4) is 0 Å². The molecule has 0 aliphatic rings. The van der Waals surface area contributed by atoms with E-state index in [0.29, 0.717) is 0 Å². The van der Waals surface area contributed by atoms with E-state index < -0.39 is 37.6 Å². The zero-order chi connectivity index (χ0) is 27.7. The maximum Gasteiger partial charge on any atom is 1.00 e. The molecule has 0 fully saturated rings. The van der Waals surface area contributed by atoms with Crippen molar-refractivity contribution in [1.82, 2.24) is 15.2 Å². The van der Waals surface area contributed by atoms with E-state index in [1.807, 2.05) is 24.3 Å². The Hall–Kier alpha value is -2.64. The van der Waals surface area contributed by atoms with Crippen LogP contribution in [0.2, 0.25) is 0 Å². The predicted molar refractivity (Wildman–Crippen MR) is 135 cm³/mol. The number of hydrogen-bond acceptors (Lipinski definition) is 6. The van der Waals surface area contributed by atoms with E-state index >= 15 is 0 Å². The number of carbonyl (C=O) groups excluding carboxylic acids is 2. The molecule has 206 valence electrons. The Bertz CT molecular complexity index is 1340. The molecule has 0 saturated heterocycles. The van der Waals surface area contributed by atoms with Gasteiger partial charge >= 0.3 is 49.5 Å². The number of aromatic nitrogens is 1. The van der Waals surface area contributed by atoms with Gasteiger partial charge in [0.1, 0.15) is 12.4 Å². The van der Waals surface area contributed by atoms with Crippen LogP contribution in [0.4, 0.5) is 24.2 Å². The minimum atomic E-state index is -4.67. The average Bonchev–Trinajstić information content (AvgIpc) is 2.87. The van der Waals surface area contributed by atoms with Crippen LogP contribution in [-0.4, -0.2) is 58.1 Å². The van der Waals surface area contributed by atoms with Crippen LogP contribution in [0.1, 0.15) is 19.8 Å². The van der Waals surface area contributed by atoms with E-state index in [4.69, 9.17) is 14.5 Å². The van der Waals surface area contributed by atoms with Crippen molar-refractivity contribution in [1.29, 1.82) is 0 Å². The number of fused-ring (bicyclic) bond motifs is 1. The number of likely N-dealkylation sites (N-methyl/N-ethyl adjacent to an activating group) is 1. The van der Waals surface area contributed by atoms with Gasteiger partial charge in [-0.1, -0.05) is 36.4 Å². The summed E-state index contributed by atoms with van der Waals surface area (Å²) < 4.78 is 48.0. The molecule has 2 aromatic carbocycles. The van der Waals surface area contributed by atoms with Crippen LogP contribution in [0, 0.1) is 11.6 Å². The van der Waals surface area contributed by atoms with E-state index in [0.717, 1.165) is 16.8 Å². The van der Waals surface area contributed by atoms with Crippen LogP contribution < -0.4 is 40.2 Å². The summed E-state index contributed by atoms with van der Waals surface area (Å²) in [6.07, 6.45) is 1.01. The number of nitrogens with zero attached hydrogens (tertiary/aromatic N) is 2. The maximum absolute atomic E-state index is 13.9. The molecule has 11 nitrogen and oxygen atoms in total. The number of amides is 3. The molecule has 0 unspecified atom stereocenters. The number of benzene rings is 2. The van der Waals surface area contributed by atoms with Crippen molar-refractivity contribution in [3.05, 3.63) is 71.9 Å². The molecule has 0 saturated carbocycles. The fourth-order valence-electron chi connectivity index (χ4n) is 3.50. The molecule has 1 heterocycles. The summed E-state index contributed by atoms with van der Waals surface area (Å²) in [5.41, 5.74) is -0.0585. The van der Waals surface area contributed by atoms with E-state index in [1.165, 1.54) is 24.1 Å². The first-order chi connectivity index (χ1) is 18.0. The van der Waals surface area contributed by atoms with E-state index in [-0.39, 0.29) is 75.0 Å². The largest absolute Gasteiger partial charge is 1.00 e. The van der Waals surface area contributed by atoms with Gasteiger partial charge in [-0.25, -0.2) is 27.9 Å². The van der Waals surface area contributed by atoms with Crippen molar-refractivity contribution in [2.45, 2.75) is 25.4 Å². The second-order valence-corrected chi connectivity index (χ2v) is 9.48. The number of hydrogen-bond donors (Lipinski definition) is 4. The Morgan fingerprint density at radius 3 is 2.59 bits per heavy atom. The van der Waals surface area contributed by atoms with Crippen molar-refractivity contribution in [3.8, 4) is 0 Å². The van der Waals surface area contributed by atoms with Gasteiger partial charge in [-0.15, -0.1) is 0 Å². The molecular weight excluding hydrogens is 548 g/mol. The molecule has 1 atom stereocenters. The van der Waals surface area contributed by atoms with Crippen molar-refractivity contribution < 1.29 is 73.0 Å². The Kier molecular flexibility index (Phi) is 12.7. The molecule has 0 spiro atoms. The number of urea groups is 1. The number of rotatable bonds is 11. The second-order valence-electron chi connectivity index (χ2n) is 8.24. The summed E-state index contributed by atoms with van der Waals surface area (Å²) in [6.45, 7) is -0.888. The number of pyridine rings is 1. The molecule has 1 aromatic heterocycles. The maximum atomic E-state index is 13.9. The molecule has 0 aliphatic carbocycles. The Balaban J connectivity index is 0.00000400. The van der Waals surface area contributed by atoms with Crippen LogP contribution in [0.25, 0.3) is 10.8 Å². The van der Waals surface area contributed by atoms with Crippen LogP contribution >= 0.6 is 7.82 Å². The molecule has 0 aliphatic heterocycles. The molecular formula is C24H28F2N4NaO7P. The van der Waals surface area contributed by atoms with Gasteiger partial charge in [0.2, 0.25) is 0 Å². The van der Waals surface area contributed by atoms with Gasteiger partial charge < -0.3 is 26.2 Å². The number of phosphoric ester groups is 1. The Morgan fingerprint density at radius 1 is 1.15 bits per heavy atom. The number of halogens is 2. The van der Waals surface area contributed by atoms with E-state index in [2.05, 4.69) is 20.1 Å². The van der Waals surface area contributed by atoms with Crippen LogP contribution in [0.15, 0.2) is 54.7 Å². The number of ether oxygens (including phenoxy) is 1. The third-order valence-corrected chi connectivity index (χ3v) is 6.06. The standard InChI is InChI=1S/C24H27F2N4O7P.Na.H/c1-30(23(31)28-14-18-8-4-10-20(25)22(18)26)19(9-5-11-37-38(33,34)35)15-36-24(32)29-21-12-16-6-2-3-7-17(16)13-27-21;;/h2-4,6-8,10,12-13,19H,5,9,11,14-15H2,1H3,(H,28,31)(H,27,29,32)(H2,33,34,35);;/q;+1;-1/t19-;;/m0../s1. The molecule has 39 heavy (non-hydrogen) atoms. The normalized spacial score (nSPS) is 11.8. The molecule has 3 rings (SSSR count). The van der Waals surface area contributed by atoms with Crippen molar-refractivity contribution >= 4 is 36.5 Å². The Labute approximate surface area is 246 Å². The summed E-state index contributed by atoms with van der Waals surface area (Å²) in [5.74, 6) is -1.87. The quantitative estimate of drug-likeness (QED) is 0.152. The molecule has 0 radical (unpaired) electrons. The number of phosphoric acid groups is 1.